The third kappa shape index (κ3) is 13.5. The SMILES string of the molecule is CC[C@H](C)[C@@H]([C@@H](CC(=O)N1CCC[C@H]1[C@H](OC)[C@@H](C)C(=O)N[C@@H](Cc1ccccc1)C(=O)N1CCCCO1)OC)N(C)[C@H](C(=O)NC(=O)[C@H](C(C)C)N(C)CCN)C(C)C. The van der Waals surface area contributed by atoms with Gasteiger partial charge in [0.25, 0.3) is 5.91 Å². The predicted octanol–water partition coefficient (Wildman–Crippen LogP) is 3.24. The molecule has 0 spiro atoms. The molecule has 2 aliphatic heterocycles. The van der Waals surface area contributed by atoms with E-state index in [1.165, 1.54) is 5.06 Å². The van der Waals surface area contributed by atoms with Gasteiger partial charge in [0.2, 0.25) is 23.6 Å². The first-order valence-electron chi connectivity index (χ1n) is 22.1. The molecular formula is C45H77N7O8. The monoisotopic (exact) mass is 844 g/mol. The molecule has 2 heterocycles. The maximum atomic E-state index is 14.4. The molecule has 15 heteroatoms. The molecule has 0 unspecified atom stereocenters. The van der Waals surface area contributed by atoms with E-state index in [1.54, 1.807) is 26.0 Å². The minimum absolute atomic E-state index is 0.0169. The van der Waals surface area contributed by atoms with Crippen molar-refractivity contribution in [1.82, 2.24) is 30.4 Å². The molecule has 0 aromatic heterocycles. The van der Waals surface area contributed by atoms with E-state index >= 15 is 0 Å². The van der Waals surface area contributed by atoms with Gasteiger partial charge in [0, 0.05) is 52.9 Å². The van der Waals surface area contributed by atoms with Crippen molar-refractivity contribution in [3.8, 4) is 0 Å². The number of likely N-dealkylation sites (N-methyl/N-ethyl adjacent to an activating group) is 2. The zero-order chi connectivity index (χ0) is 44.7. The first-order chi connectivity index (χ1) is 28.5. The highest BCUT2D eigenvalue weighted by Gasteiger charge is 2.44. The summed E-state index contributed by atoms with van der Waals surface area (Å²) in [5.41, 5.74) is 6.69. The first-order valence-corrected chi connectivity index (χ1v) is 22.1. The molecule has 0 bridgehead atoms. The minimum atomic E-state index is -0.847. The topological polar surface area (TPSA) is 176 Å². The van der Waals surface area contributed by atoms with Crippen molar-refractivity contribution in [2.45, 2.75) is 136 Å². The van der Waals surface area contributed by atoms with E-state index in [9.17, 15) is 24.0 Å². The lowest BCUT2D eigenvalue weighted by Gasteiger charge is -2.43. The smallest absolute Gasteiger partial charge is 0.269 e. The van der Waals surface area contributed by atoms with Crippen LogP contribution in [0.2, 0.25) is 0 Å². The van der Waals surface area contributed by atoms with Gasteiger partial charge in [0.15, 0.2) is 0 Å². The number of nitrogens with one attached hydrogen (secondary N) is 2. The van der Waals surface area contributed by atoms with Gasteiger partial charge < -0.3 is 25.4 Å². The number of nitrogens with zero attached hydrogens (tertiary/aromatic N) is 4. The molecule has 1 aromatic rings. The van der Waals surface area contributed by atoms with Crippen LogP contribution in [0.3, 0.4) is 0 Å². The van der Waals surface area contributed by atoms with E-state index < -0.39 is 42.2 Å². The summed E-state index contributed by atoms with van der Waals surface area (Å²) >= 11 is 0. The molecule has 60 heavy (non-hydrogen) atoms. The maximum Gasteiger partial charge on any atom is 0.269 e. The van der Waals surface area contributed by atoms with Gasteiger partial charge in [-0.3, -0.25) is 43.9 Å². The summed E-state index contributed by atoms with van der Waals surface area (Å²) in [4.78, 5) is 81.1. The van der Waals surface area contributed by atoms with E-state index in [0.29, 0.717) is 45.6 Å². The molecule has 0 saturated carbocycles. The van der Waals surface area contributed by atoms with Gasteiger partial charge in [-0.05, 0) is 63.1 Å². The van der Waals surface area contributed by atoms with Crippen LogP contribution >= 0.6 is 0 Å². The van der Waals surface area contributed by atoms with Crippen molar-refractivity contribution in [2.24, 2.45) is 29.4 Å². The van der Waals surface area contributed by atoms with Crippen molar-refractivity contribution in [3.63, 3.8) is 0 Å². The third-order valence-electron chi connectivity index (χ3n) is 12.5. The fourth-order valence-electron chi connectivity index (χ4n) is 9.26. The van der Waals surface area contributed by atoms with Crippen LogP contribution in [0.25, 0.3) is 0 Å². The molecule has 15 nitrogen and oxygen atoms in total. The molecule has 2 saturated heterocycles. The quantitative estimate of drug-likeness (QED) is 0.148. The second-order valence-electron chi connectivity index (χ2n) is 17.5. The molecule has 1 aromatic carbocycles. The molecule has 0 radical (unpaired) electrons. The first kappa shape index (κ1) is 50.9. The number of imide groups is 1. The Hall–Kier alpha value is -3.47. The zero-order valence-corrected chi connectivity index (χ0v) is 38.4. The summed E-state index contributed by atoms with van der Waals surface area (Å²) in [7, 11) is 6.84. The van der Waals surface area contributed by atoms with E-state index in [-0.39, 0.29) is 59.9 Å². The van der Waals surface area contributed by atoms with E-state index in [1.807, 2.05) is 81.9 Å². The molecule has 5 amide bonds. The highest BCUT2D eigenvalue weighted by Crippen LogP contribution is 2.30. The molecule has 2 aliphatic rings. The summed E-state index contributed by atoms with van der Waals surface area (Å²) in [5, 5.41) is 7.10. The second kappa shape index (κ2) is 24.8. The number of carbonyl (C=O) groups excluding carboxylic acids is 5. The number of rotatable bonds is 23. The Labute approximate surface area is 359 Å². The van der Waals surface area contributed by atoms with Gasteiger partial charge in [-0.1, -0.05) is 85.2 Å². The number of methoxy groups -OCH3 is 2. The Morgan fingerprint density at radius 2 is 1.53 bits per heavy atom. The normalized spacial score (nSPS) is 20.1. The van der Waals surface area contributed by atoms with Crippen LogP contribution < -0.4 is 16.4 Å². The molecule has 340 valence electrons. The average Bonchev–Trinajstić information content (AvgIpc) is 3.70. The van der Waals surface area contributed by atoms with Crippen molar-refractivity contribution in [2.75, 3.05) is 61.1 Å². The van der Waals surface area contributed by atoms with Crippen LogP contribution in [0.4, 0.5) is 0 Å². The van der Waals surface area contributed by atoms with Crippen molar-refractivity contribution in [1.29, 1.82) is 0 Å². The summed E-state index contributed by atoms with van der Waals surface area (Å²) in [6.45, 7) is 16.0. The maximum absolute atomic E-state index is 14.4. The Morgan fingerprint density at radius 1 is 0.883 bits per heavy atom. The van der Waals surface area contributed by atoms with Crippen molar-refractivity contribution in [3.05, 3.63) is 35.9 Å². The molecular weight excluding hydrogens is 767 g/mol. The summed E-state index contributed by atoms with van der Waals surface area (Å²) in [6.07, 6.45) is 2.94. The summed E-state index contributed by atoms with van der Waals surface area (Å²) in [6, 6.07) is 6.75. The lowest BCUT2D eigenvalue weighted by Crippen LogP contribution is -2.60. The van der Waals surface area contributed by atoms with Crippen molar-refractivity contribution < 1.29 is 38.3 Å². The van der Waals surface area contributed by atoms with Gasteiger partial charge in [0.1, 0.15) is 6.04 Å². The fraction of sp³-hybridized carbons (Fsp3) is 0.756. The lowest BCUT2D eigenvalue weighted by molar-refractivity contribution is -0.199. The molecule has 9 atom stereocenters. The minimum Gasteiger partial charge on any atom is -0.379 e. The summed E-state index contributed by atoms with van der Waals surface area (Å²) < 4.78 is 12.2. The van der Waals surface area contributed by atoms with Gasteiger partial charge in [0.05, 0.1) is 49.3 Å². The number of ether oxygens (including phenoxy) is 2. The molecule has 2 fully saturated rings. The molecule has 0 aliphatic carbocycles. The van der Waals surface area contributed by atoms with Crippen LogP contribution in [0.15, 0.2) is 30.3 Å². The lowest BCUT2D eigenvalue weighted by atomic mass is 9.87. The highest BCUT2D eigenvalue weighted by atomic mass is 16.7. The Kier molecular flexibility index (Phi) is 21.1. The number of hydroxylamine groups is 2. The Morgan fingerprint density at radius 3 is 2.08 bits per heavy atom. The van der Waals surface area contributed by atoms with Crippen molar-refractivity contribution >= 4 is 29.5 Å². The van der Waals surface area contributed by atoms with Crippen LogP contribution in [0.5, 0.6) is 0 Å². The Bertz CT molecular complexity index is 1510. The van der Waals surface area contributed by atoms with E-state index in [4.69, 9.17) is 20.0 Å². The number of likely N-dealkylation sites (tertiary alicyclic amines) is 1. The molecule has 4 N–H and O–H groups in total. The number of nitrogens with two attached hydrogens (primary N) is 1. The van der Waals surface area contributed by atoms with E-state index in [2.05, 4.69) is 24.5 Å². The standard InChI is InChI=1S/C45H77N7O8/c1-12-31(6)40(50(9)39(30(4)5)44(56)48-43(55)38(29(2)3)49(8)25-22-46)36(58-10)28-37(53)51-23-18-21-35(51)41(59-11)32(7)42(54)47-34(27-33-19-14-13-15-20-33)45(57)52-24-16-17-26-60-52/h13-15,19-20,29-32,34-36,38-41H,12,16-18,21-28,46H2,1-11H3,(H,47,54)(H,48,55,56)/t31-,32+,34-,35-,36+,38-,39-,40-,41+/m0/s1. The number of amides is 5. The number of hydrogen-bond acceptors (Lipinski definition) is 11. The highest BCUT2D eigenvalue weighted by molar-refractivity contribution is 6.00. The largest absolute Gasteiger partial charge is 0.379 e. The second-order valence-corrected chi connectivity index (χ2v) is 17.5. The number of hydrogen-bond donors (Lipinski definition) is 3. The number of benzene rings is 1. The van der Waals surface area contributed by atoms with E-state index in [0.717, 1.165) is 31.2 Å². The van der Waals surface area contributed by atoms with Gasteiger partial charge in [-0.25, -0.2) is 5.06 Å². The summed E-state index contributed by atoms with van der Waals surface area (Å²) in [5.74, 6) is -2.44. The van der Waals surface area contributed by atoms with Gasteiger partial charge in [-0.2, -0.15) is 0 Å². The van der Waals surface area contributed by atoms with Gasteiger partial charge in [-0.15, -0.1) is 0 Å². The zero-order valence-electron chi connectivity index (χ0n) is 38.4. The molecule has 3 rings (SSSR count). The number of carbonyl (C=O) groups is 5. The fourth-order valence-corrected chi connectivity index (χ4v) is 9.26. The van der Waals surface area contributed by atoms with Crippen LogP contribution in [0.1, 0.15) is 92.6 Å². The predicted molar refractivity (Wildman–Crippen MR) is 232 cm³/mol. The third-order valence-corrected chi connectivity index (χ3v) is 12.5. The Balaban J connectivity index is 1.81. The van der Waals surface area contributed by atoms with Crippen LogP contribution in [0, 0.1) is 23.7 Å². The van der Waals surface area contributed by atoms with Crippen LogP contribution in [-0.2, 0) is 44.7 Å². The van der Waals surface area contributed by atoms with Gasteiger partial charge >= 0.3 is 0 Å². The van der Waals surface area contributed by atoms with Crippen LogP contribution in [-0.4, -0.2) is 153 Å². The average molecular weight is 844 g/mol.